The lowest BCUT2D eigenvalue weighted by Crippen LogP contribution is -1.92. The second-order valence-electron chi connectivity index (χ2n) is 2.76. The molecular formula is C10H8FNO3. The molecule has 0 radical (unpaired) electrons. The van der Waals surface area contributed by atoms with Gasteiger partial charge < -0.3 is 4.79 Å². The number of nitro benzene ring substituents is 1. The van der Waals surface area contributed by atoms with Crippen LogP contribution in [0.25, 0.3) is 6.08 Å². The molecule has 15 heavy (non-hydrogen) atoms. The Morgan fingerprint density at radius 3 is 2.80 bits per heavy atom. The van der Waals surface area contributed by atoms with Crippen molar-refractivity contribution in [1.82, 2.24) is 0 Å². The number of carbonyl (C=O) groups excluding carboxylic acids is 1. The summed E-state index contributed by atoms with van der Waals surface area (Å²) in [6.45, 7) is 0. The van der Waals surface area contributed by atoms with Crippen molar-refractivity contribution >= 4 is 18.0 Å². The van der Waals surface area contributed by atoms with Gasteiger partial charge in [-0.3, -0.25) is 10.1 Å². The molecule has 0 N–H and O–H groups in total. The van der Waals surface area contributed by atoms with Gasteiger partial charge in [0.25, 0.3) is 5.69 Å². The smallest absolute Gasteiger partial charge is 0.276 e. The fraction of sp³-hybridized carbons (Fsp3) is 0.100. The quantitative estimate of drug-likeness (QED) is 0.434. The summed E-state index contributed by atoms with van der Waals surface area (Å²) in [5.41, 5.74) is -0.0274. The number of rotatable bonds is 4. The van der Waals surface area contributed by atoms with E-state index in [2.05, 4.69) is 0 Å². The van der Waals surface area contributed by atoms with Gasteiger partial charge in [0, 0.05) is 12.5 Å². The second-order valence-corrected chi connectivity index (χ2v) is 2.76. The molecule has 0 aliphatic heterocycles. The fourth-order valence-electron chi connectivity index (χ4n) is 1.08. The molecule has 0 atom stereocenters. The van der Waals surface area contributed by atoms with Crippen molar-refractivity contribution in [2.24, 2.45) is 0 Å². The topological polar surface area (TPSA) is 60.2 Å². The van der Waals surface area contributed by atoms with E-state index in [4.69, 9.17) is 0 Å². The van der Waals surface area contributed by atoms with Gasteiger partial charge in [-0.05, 0) is 12.1 Å². The number of halogens is 1. The molecule has 0 saturated carbocycles. The second kappa shape index (κ2) is 4.99. The molecule has 0 aromatic heterocycles. The number of benzene rings is 1. The molecule has 0 heterocycles. The minimum absolute atomic E-state index is 0.146. The zero-order chi connectivity index (χ0) is 11.3. The summed E-state index contributed by atoms with van der Waals surface area (Å²) in [7, 11) is 0. The summed E-state index contributed by atoms with van der Waals surface area (Å²) in [6, 6.07) is 3.17. The first-order chi connectivity index (χ1) is 7.15. The normalized spacial score (nSPS) is 10.5. The molecule has 4 nitrogen and oxygen atoms in total. The highest BCUT2D eigenvalue weighted by atomic mass is 19.1. The summed E-state index contributed by atoms with van der Waals surface area (Å²) < 4.78 is 12.8. The number of nitrogens with zero attached hydrogens (tertiary/aromatic N) is 1. The average Bonchev–Trinajstić information content (AvgIpc) is 2.18. The number of hydrogen-bond donors (Lipinski definition) is 0. The first-order valence-electron chi connectivity index (χ1n) is 4.19. The Labute approximate surface area is 85.2 Å². The lowest BCUT2D eigenvalue weighted by molar-refractivity contribution is -0.385. The van der Waals surface area contributed by atoms with E-state index in [1.54, 1.807) is 0 Å². The van der Waals surface area contributed by atoms with Crippen LogP contribution in [0.4, 0.5) is 10.1 Å². The number of hydrogen-bond acceptors (Lipinski definition) is 3. The van der Waals surface area contributed by atoms with Gasteiger partial charge in [-0.1, -0.05) is 12.2 Å². The predicted octanol–water partition coefficient (Wildman–Crippen LogP) is 2.34. The minimum Gasteiger partial charge on any atom is -0.303 e. The maximum absolute atomic E-state index is 12.8. The van der Waals surface area contributed by atoms with Crippen LogP contribution in [0.3, 0.4) is 0 Å². The predicted molar refractivity (Wildman–Crippen MR) is 52.8 cm³/mol. The van der Waals surface area contributed by atoms with Crippen molar-refractivity contribution in [3.8, 4) is 0 Å². The van der Waals surface area contributed by atoms with E-state index >= 15 is 0 Å². The highest BCUT2D eigenvalue weighted by Crippen LogP contribution is 2.20. The highest BCUT2D eigenvalue weighted by molar-refractivity contribution is 5.63. The largest absolute Gasteiger partial charge is 0.303 e. The van der Waals surface area contributed by atoms with Crippen molar-refractivity contribution in [3.05, 3.63) is 45.8 Å². The van der Waals surface area contributed by atoms with Gasteiger partial charge in [-0.25, -0.2) is 4.39 Å². The maximum atomic E-state index is 12.8. The van der Waals surface area contributed by atoms with Crippen molar-refractivity contribution in [3.63, 3.8) is 0 Å². The van der Waals surface area contributed by atoms with Crippen LogP contribution in [0.2, 0.25) is 0 Å². The molecule has 0 saturated heterocycles. The molecule has 1 aromatic carbocycles. The highest BCUT2D eigenvalue weighted by Gasteiger charge is 2.11. The number of carbonyl (C=O) groups is 1. The van der Waals surface area contributed by atoms with Crippen LogP contribution in [0.15, 0.2) is 24.3 Å². The molecule has 0 unspecified atom stereocenters. The van der Waals surface area contributed by atoms with Crippen LogP contribution >= 0.6 is 0 Å². The lowest BCUT2D eigenvalue weighted by Gasteiger charge is -1.96. The van der Waals surface area contributed by atoms with Crippen molar-refractivity contribution in [2.75, 3.05) is 0 Å². The molecular weight excluding hydrogens is 201 g/mol. The Balaban J connectivity index is 3.07. The third-order valence-electron chi connectivity index (χ3n) is 1.72. The lowest BCUT2D eigenvalue weighted by atomic mass is 10.1. The zero-order valence-corrected chi connectivity index (χ0v) is 7.72. The number of aldehydes is 1. The molecule has 0 bridgehead atoms. The molecule has 0 amide bonds. The molecule has 78 valence electrons. The molecule has 0 aliphatic carbocycles. The van der Waals surface area contributed by atoms with E-state index in [-0.39, 0.29) is 17.7 Å². The van der Waals surface area contributed by atoms with Gasteiger partial charge in [-0.15, -0.1) is 0 Å². The van der Waals surface area contributed by atoms with E-state index in [0.29, 0.717) is 6.29 Å². The van der Waals surface area contributed by atoms with E-state index in [1.165, 1.54) is 12.2 Å². The maximum Gasteiger partial charge on any atom is 0.276 e. The van der Waals surface area contributed by atoms with Crippen LogP contribution < -0.4 is 0 Å². The number of allylic oxidation sites excluding steroid dienone is 1. The Kier molecular flexibility index (Phi) is 3.68. The van der Waals surface area contributed by atoms with Gasteiger partial charge in [-0.2, -0.15) is 0 Å². The zero-order valence-electron chi connectivity index (χ0n) is 7.72. The van der Waals surface area contributed by atoms with Crippen molar-refractivity contribution in [2.45, 2.75) is 6.42 Å². The van der Waals surface area contributed by atoms with E-state index < -0.39 is 10.7 Å². The van der Waals surface area contributed by atoms with Gasteiger partial charge in [0.1, 0.15) is 12.1 Å². The summed E-state index contributed by atoms with van der Waals surface area (Å²) in [4.78, 5) is 20.0. The summed E-state index contributed by atoms with van der Waals surface area (Å²) in [6.07, 6.45) is 3.60. The molecule has 0 aliphatic rings. The Morgan fingerprint density at radius 2 is 2.20 bits per heavy atom. The van der Waals surface area contributed by atoms with Crippen LogP contribution in [-0.4, -0.2) is 11.2 Å². The average molecular weight is 209 g/mol. The Bertz CT molecular complexity index is 415. The van der Waals surface area contributed by atoms with Crippen LogP contribution in [0, 0.1) is 15.9 Å². The third-order valence-corrected chi connectivity index (χ3v) is 1.72. The Morgan fingerprint density at radius 1 is 1.47 bits per heavy atom. The first-order valence-corrected chi connectivity index (χ1v) is 4.19. The third kappa shape index (κ3) is 2.98. The fourth-order valence-corrected chi connectivity index (χ4v) is 1.08. The standard InChI is InChI=1S/C10H8FNO3/c11-9-4-5-10(12(14)15)8(7-9)3-1-2-6-13/h1,3-7H,2H2. The molecule has 1 aromatic rings. The van der Waals surface area contributed by atoms with Crippen LogP contribution in [-0.2, 0) is 4.79 Å². The van der Waals surface area contributed by atoms with Crippen molar-refractivity contribution in [1.29, 1.82) is 0 Å². The number of nitro groups is 1. The van der Waals surface area contributed by atoms with Gasteiger partial charge in [0.15, 0.2) is 0 Å². The monoisotopic (exact) mass is 209 g/mol. The Hall–Kier alpha value is -2.04. The van der Waals surface area contributed by atoms with Gasteiger partial charge in [0.2, 0.25) is 0 Å². The molecule has 5 heteroatoms. The van der Waals surface area contributed by atoms with E-state index in [0.717, 1.165) is 18.2 Å². The van der Waals surface area contributed by atoms with Crippen LogP contribution in [0.5, 0.6) is 0 Å². The SMILES string of the molecule is O=CCC=Cc1cc(F)ccc1[N+](=O)[O-]. The summed E-state index contributed by atoms with van der Waals surface area (Å²) in [5, 5.41) is 10.5. The minimum atomic E-state index is -0.597. The summed E-state index contributed by atoms with van der Waals surface area (Å²) >= 11 is 0. The molecule has 1 rings (SSSR count). The molecule has 0 fully saturated rings. The van der Waals surface area contributed by atoms with E-state index in [1.807, 2.05) is 0 Å². The van der Waals surface area contributed by atoms with Gasteiger partial charge in [0.05, 0.1) is 10.5 Å². The van der Waals surface area contributed by atoms with Gasteiger partial charge >= 0.3 is 0 Å². The van der Waals surface area contributed by atoms with Crippen LogP contribution in [0.1, 0.15) is 12.0 Å². The molecule has 0 spiro atoms. The van der Waals surface area contributed by atoms with E-state index in [9.17, 15) is 19.3 Å². The summed E-state index contributed by atoms with van der Waals surface area (Å²) in [5.74, 6) is -0.550. The van der Waals surface area contributed by atoms with Crippen molar-refractivity contribution < 1.29 is 14.1 Å². The first kappa shape index (κ1) is 11.0.